The Morgan fingerprint density at radius 2 is 1.87 bits per heavy atom. The van der Waals surface area contributed by atoms with Crippen LogP contribution in [0.2, 0.25) is 0 Å². The topological polar surface area (TPSA) is 41.6 Å². The molecule has 0 radical (unpaired) electrons. The van der Waals surface area contributed by atoms with Crippen molar-refractivity contribution in [2.75, 3.05) is 0 Å². The van der Waals surface area contributed by atoms with E-state index in [-0.39, 0.29) is 0 Å². The molecule has 0 bridgehead atoms. The van der Waals surface area contributed by atoms with Crippen LogP contribution in [0.3, 0.4) is 0 Å². The summed E-state index contributed by atoms with van der Waals surface area (Å²) >= 11 is 0. The highest BCUT2D eigenvalue weighted by atomic mass is 15.2. The van der Waals surface area contributed by atoms with E-state index < -0.39 is 0 Å². The maximum absolute atomic E-state index is 4.45. The largest absolute Gasteiger partial charge is 0.263 e. The normalized spacial score (nSPS) is 10.6. The van der Waals surface area contributed by atoms with Gasteiger partial charge in [0.1, 0.15) is 5.82 Å². The molecular formula is C12H15N3. The lowest BCUT2D eigenvalue weighted by atomic mass is 10.0. The maximum Gasteiger partial charge on any atom is 0.181 e. The van der Waals surface area contributed by atoms with E-state index in [1.807, 2.05) is 0 Å². The van der Waals surface area contributed by atoms with Crippen molar-refractivity contribution >= 4 is 0 Å². The third-order valence-corrected chi connectivity index (χ3v) is 2.57. The molecule has 15 heavy (non-hydrogen) atoms. The van der Waals surface area contributed by atoms with Crippen molar-refractivity contribution < 1.29 is 0 Å². The average Bonchev–Trinajstić information content (AvgIpc) is 2.66. The van der Waals surface area contributed by atoms with Crippen molar-refractivity contribution in [2.45, 2.75) is 27.2 Å². The lowest BCUT2D eigenvalue weighted by Crippen LogP contribution is -1.89. The first-order chi connectivity index (χ1) is 7.22. The summed E-state index contributed by atoms with van der Waals surface area (Å²) in [5.41, 5.74) is 3.58. The Kier molecular flexibility index (Phi) is 2.54. The highest BCUT2D eigenvalue weighted by Gasteiger charge is 2.09. The minimum Gasteiger partial charge on any atom is -0.263 e. The summed E-state index contributed by atoms with van der Waals surface area (Å²) in [6, 6.07) is 6.23. The Balaban J connectivity index is 2.53. The summed E-state index contributed by atoms with van der Waals surface area (Å²) in [5.74, 6) is 1.75. The van der Waals surface area contributed by atoms with Crippen molar-refractivity contribution in [3.8, 4) is 11.4 Å². The van der Waals surface area contributed by atoms with Crippen LogP contribution in [0, 0.1) is 13.8 Å². The number of aryl methyl sites for hydroxylation is 3. The summed E-state index contributed by atoms with van der Waals surface area (Å²) in [7, 11) is 0. The molecule has 0 fully saturated rings. The van der Waals surface area contributed by atoms with E-state index in [4.69, 9.17) is 0 Å². The molecule has 2 rings (SSSR count). The average molecular weight is 201 g/mol. The smallest absolute Gasteiger partial charge is 0.181 e. The SMILES string of the molecule is CCc1nc(-c2c(C)cccc2C)n[nH]1. The summed E-state index contributed by atoms with van der Waals surface area (Å²) in [6.45, 7) is 6.24. The molecule has 0 spiro atoms. The second-order valence-electron chi connectivity index (χ2n) is 3.73. The molecule has 1 aromatic heterocycles. The number of aromatic nitrogens is 3. The van der Waals surface area contributed by atoms with Crippen LogP contribution >= 0.6 is 0 Å². The molecule has 0 unspecified atom stereocenters. The van der Waals surface area contributed by atoms with E-state index in [1.54, 1.807) is 0 Å². The summed E-state index contributed by atoms with van der Waals surface area (Å²) in [4.78, 5) is 4.45. The number of aromatic amines is 1. The van der Waals surface area contributed by atoms with Gasteiger partial charge >= 0.3 is 0 Å². The highest BCUT2D eigenvalue weighted by molar-refractivity contribution is 5.63. The first-order valence-electron chi connectivity index (χ1n) is 5.20. The van der Waals surface area contributed by atoms with Gasteiger partial charge < -0.3 is 0 Å². The number of rotatable bonds is 2. The second-order valence-corrected chi connectivity index (χ2v) is 3.73. The number of hydrogen-bond acceptors (Lipinski definition) is 2. The molecule has 3 nitrogen and oxygen atoms in total. The highest BCUT2D eigenvalue weighted by Crippen LogP contribution is 2.23. The van der Waals surface area contributed by atoms with Gasteiger partial charge in [-0.05, 0) is 25.0 Å². The predicted octanol–water partition coefficient (Wildman–Crippen LogP) is 2.65. The lowest BCUT2D eigenvalue weighted by Gasteiger charge is -2.04. The van der Waals surface area contributed by atoms with E-state index in [1.165, 1.54) is 11.1 Å². The Labute approximate surface area is 89.6 Å². The third kappa shape index (κ3) is 1.77. The molecule has 0 saturated heterocycles. The molecule has 0 aliphatic rings. The fourth-order valence-electron chi connectivity index (χ4n) is 1.73. The van der Waals surface area contributed by atoms with E-state index in [0.717, 1.165) is 23.6 Å². The summed E-state index contributed by atoms with van der Waals surface area (Å²) in [6.07, 6.45) is 0.887. The fraction of sp³-hybridized carbons (Fsp3) is 0.333. The van der Waals surface area contributed by atoms with Crippen LogP contribution in [0.1, 0.15) is 23.9 Å². The fourth-order valence-corrected chi connectivity index (χ4v) is 1.73. The molecule has 1 aromatic carbocycles. The van der Waals surface area contributed by atoms with Crippen molar-refractivity contribution in [3.05, 3.63) is 35.2 Å². The van der Waals surface area contributed by atoms with Gasteiger partial charge in [0.2, 0.25) is 0 Å². The Morgan fingerprint density at radius 1 is 1.20 bits per heavy atom. The van der Waals surface area contributed by atoms with E-state index in [0.29, 0.717) is 0 Å². The number of benzene rings is 1. The molecule has 3 heteroatoms. The molecule has 78 valence electrons. The minimum atomic E-state index is 0.808. The quantitative estimate of drug-likeness (QED) is 0.811. The standard InChI is InChI=1S/C12H15N3/c1-4-10-13-12(15-14-10)11-8(2)6-5-7-9(11)3/h5-7H,4H2,1-3H3,(H,13,14,15). The van der Waals surface area contributed by atoms with Crippen molar-refractivity contribution in [3.63, 3.8) is 0 Å². The summed E-state index contributed by atoms with van der Waals surface area (Å²) < 4.78 is 0. The molecule has 0 amide bonds. The zero-order valence-electron chi connectivity index (χ0n) is 9.33. The molecule has 0 saturated carbocycles. The van der Waals surface area contributed by atoms with Crippen LogP contribution in [-0.4, -0.2) is 15.2 Å². The van der Waals surface area contributed by atoms with Gasteiger partial charge in [0.15, 0.2) is 5.82 Å². The zero-order valence-corrected chi connectivity index (χ0v) is 9.33. The Morgan fingerprint density at radius 3 is 2.40 bits per heavy atom. The van der Waals surface area contributed by atoms with Crippen molar-refractivity contribution in [1.82, 2.24) is 15.2 Å². The Hall–Kier alpha value is -1.64. The Bertz CT molecular complexity index is 451. The van der Waals surface area contributed by atoms with Crippen LogP contribution in [0.5, 0.6) is 0 Å². The van der Waals surface area contributed by atoms with Crippen LogP contribution in [0.4, 0.5) is 0 Å². The van der Waals surface area contributed by atoms with Gasteiger partial charge in [0.25, 0.3) is 0 Å². The molecule has 0 aliphatic carbocycles. The van der Waals surface area contributed by atoms with Gasteiger partial charge in [-0.25, -0.2) is 4.98 Å². The van der Waals surface area contributed by atoms with Crippen molar-refractivity contribution in [1.29, 1.82) is 0 Å². The second kappa shape index (κ2) is 3.85. The number of nitrogens with one attached hydrogen (secondary N) is 1. The van der Waals surface area contributed by atoms with Gasteiger partial charge in [0, 0.05) is 12.0 Å². The first kappa shape index (κ1) is 9.90. The monoisotopic (exact) mass is 201 g/mol. The third-order valence-electron chi connectivity index (χ3n) is 2.57. The minimum absolute atomic E-state index is 0.808. The van der Waals surface area contributed by atoms with Crippen LogP contribution < -0.4 is 0 Å². The van der Waals surface area contributed by atoms with Gasteiger partial charge in [-0.2, -0.15) is 5.10 Å². The number of hydrogen-bond donors (Lipinski definition) is 1. The van der Waals surface area contributed by atoms with E-state index in [2.05, 4.69) is 54.2 Å². The van der Waals surface area contributed by atoms with Gasteiger partial charge in [-0.1, -0.05) is 25.1 Å². The van der Waals surface area contributed by atoms with Gasteiger partial charge in [0.05, 0.1) is 0 Å². The first-order valence-corrected chi connectivity index (χ1v) is 5.20. The predicted molar refractivity (Wildman–Crippen MR) is 60.7 cm³/mol. The lowest BCUT2D eigenvalue weighted by molar-refractivity contribution is 0.946. The van der Waals surface area contributed by atoms with Gasteiger partial charge in [-0.15, -0.1) is 0 Å². The molecule has 1 N–H and O–H groups in total. The molecule has 0 aliphatic heterocycles. The maximum atomic E-state index is 4.45. The number of nitrogens with zero attached hydrogens (tertiary/aromatic N) is 2. The van der Waals surface area contributed by atoms with Crippen LogP contribution in [0.25, 0.3) is 11.4 Å². The van der Waals surface area contributed by atoms with Gasteiger partial charge in [-0.3, -0.25) is 5.10 Å². The zero-order chi connectivity index (χ0) is 10.8. The summed E-state index contributed by atoms with van der Waals surface area (Å²) in [5, 5.41) is 7.19. The van der Waals surface area contributed by atoms with E-state index in [9.17, 15) is 0 Å². The van der Waals surface area contributed by atoms with E-state index >= 15 is 0 Å². The molecular weight excluding hydrogens is 186 g/mol. The van der Waals surface area contributed by atoms with Crippen molar-refractivity contribution in [2.24, 2.45) is 0 Å². The number of H-pyrrole nitrogens is 1. The molecule has 2 aromatic rings. The van der Waals surface area contributed by atoms with Crippen LogP contribution in [-0.2, 0) is 6.42 Å². The molecule has 1 heterocycles. The van der Waals surface area contributed by atoms with Crippen LogP contribution in [0.15, 0.2) is 18.2 Å². The molecule has 0 atom stereocenters.